The number of amides is 2. The molecule has 3 aromatic rings. The van der Waals surface area contributed by atoms with Crippen LogP contribution in [-0.2, 0) is 11.2 Å². The highest BCUT2D eigenvalue weighted by atomic mass is 35.5. The van der Waals surface area contributed by atoms with Crippen molar-refractivity contribution in [2.75, 3.05) is 26.2 Å². The van der Waals surface area contributed by atoms with Crippen LogP contribution in [0.5, 0.6) is 0 Å². The van der Waals surface area contributed by atoms with Gasteiger partial charge in [-0.05, 0) is 47.8 Å². The molecule has 2 aliphatic rings. The number of hydrogen-bond acceptors (Lipinski definition) is 3. The molecular weight excluding hydrogens is 434 g/mol. The van der Waals surface area contributed by atoms with Crippen LogP contribution in [0, 0.1) is 0 Å². The topological polar surface area (TPSA) is 53.5 Å². The molecule has 1 saturated heterocycles. The number of carbonyl (C=O) groups excluding carboxylic acids is 2. The van der Waals surface area contributed by atoms with Crippen molar-refractivity contribution in [3.8, 4) is 0 Å². The van der Waals surface area contributed by atoms with E-state index in [9.17, 15) is 9.59 Å². The zero-order valence-corrected chi connectivity index (χ0v) is 19.4. The summed E-state index contributed by atoms with van der Waals surface area (Å²) in [6.07, 6.45) is 4.19. The van der Waals surface area contributed by atoms with Crippen LogP contribution in [0.2, 0.25) is 5.02 Å². The predicted octanol–water partition coefficient (Wildman–Crippen LogP) is 5.07. The van der Waals surface area contributed by atoms with E-state index in [1.807, 2.05) is 65.3 Å². The second-order valence-electron chi connectivity index (χ2n) is 8.55. The lowest BCUT2D eigenvalue weighted by molar-refractivity contribution is -0.132. The quantitative estimate of drug-likeness (QED) is 0.549. The molecule has 33 heavy (non-hydrogen) atoms. The summed E-state index contributed by atoms with van der Waals surface area (Å²) in [4.78, 5) is 34.5. The minimum atomic E-state index is 0.0347. The highest BCUT2D eigenvalue weighted by Gasteiger charge is 2.31. The van der Waals surface area contributed by atoms with E-state index in [-0.39, 0.29) is 11.8 Å². The Hall–Kier alpha value is -3.18. The van der Waals surface area contributed by atoms with Gasteiger partial charge in [-0.1, -0.05) is 54.9 Å². The number of pyridine rings is 1. The molecule has 0 atom stereocenters. The van der Waals surface area contributed by atoms with E-state index in [4.69, 9.17) is 16.6 Å². The molecule has 2 heterocycles. The van der Waals surface area contributed by atoms with Gasteiger partial charge in [0.25, 0.3) is 5.91 Å². The molecule has 0 spiro atoms. The van der Waals surface area contributed by atoms with Gasteiger partial charge in [0.15, 0.2) is 0 Å². The van der Waals surface area contributed by atoms with E-state index in [1.165, 1.54) is 0 Å². The van der Waals surface area contributed by atoms with Crippen LogP contribution in [-0.4, -0.2) is 52.8 Å². The zero-order chi connectivity index (χ0) is 22.9. The Balaban J connectivity index is 1.54. The van der Waals surface area contributed by atoms with Crippen molar-refractivity contribution in [3.63, 3.8) is 0 Å². The Morgan fingerprint density at radius 1 is 0.970 bits per heavy atom. The number of rotatable bonds is 3. The maximum absolute atomic E-state index is 13.8. The first-order chi connectivity index (χ1) is 16.1. The van der Waals surface area contributed by atoms with Gasteiger partial charge in [-0.25, -0.2) is 4.98 Å². The van der Waals surface area contributed by atoms with E-state index in [0.29, 0.717) is 37.6 Å². The lowest BCUT2D eigenvalue weighted by Gasteiger charge is -2.35. The number of halogens is 1. The molecule has 1 aliphatic heterocycles. The summed E-state index contributed by atoms with van der Waals surface area (Å²) in [5, 5.41) is 1.60. The number of piperazine rings is 1. The Bertz CT molecular complexity index is 1280. The van der Waals surface area contributed by atoms with Crippen molar-refractivity contribution in [2.24, 2.45) is 0 Å². The van der Waals surface area contributed by atoms with Gasteiger partial charge < -0.3 is 9.80 Å². The minimum absolute atomic E-state index is 0.0347. The molecule has 1 aromatic heterocycles. The number of benzene rings is 2. The van der Waals surface area contributed by atoms with Crippen molar-refractivity contribution in [2.45, 2.75) is 26.2 Å². The summed E-state index contributed by atoms with van der Waals surface area (Å²) in [6, 6.07) is 15.6. The molecule has 0 bridgehead atoms. The monoisotopic (exact) mass is 459 g/mol. The normalized spacial score (nSPS) is 17.0. The number of nitrogens with zero attached hydrogens (tertiary/aromatic N) is 3. The number of aromatic nitrogens is 1. The van der Waals surface area contributed by atoms with Gasteiger partial charge in [0.2, 0.25) is 5.91 Å². The van der Waals surface area contributed by atoms with Gasteiger partial charge in [0.05, 0.1) is 16.8 Å². The van der Waals surface area contributed by atoms with Gasteiger partial charge in [-0.2, -0.15) is 0 Å². The fourth-order valence-electron chi connectivity index (χ4n) is 4.84. The fourth-order valence-corrected chi connectivity index (χ4v) is 5.03. The number of fused-ring (bicyclic) bond motifs is 2. The third-order valence-corrected chi connectivity index (χ3v) is 6.96. The standard InChI is InChI=1S/C27H26ClN3O2/c1-2-24(32)30-13-15-31(16-14-30)27(33)25-20-8-4-6-10-23(20)29-26-19(11-12-21(25)26)17-18-7-3-5-9-22(18)28/h3-10,17H,2,11-16H2,1H3/b19-17-. The highest BCUT2D eigenvalue weighted by molar-refractivity contribution is 6.32. The summed E-state index contributed by atoms with van der Waals surface area (Å²) in [7, 11) is 0. The van der Waals surface area contributed by atoms with Crippen LogP contribution < -0.4 is 0 Å². The Kier molecular flexibility index (Phi) is 5.90. The molecule has 2 amide bonds. The largest absolute Gasteiger partial charge is 0.339 e. The first kappa shape index (κ1) is 21.7. The molecule has 2 aromatic carbocycles. The second-order valence-corrected chi connectivity index (χ2v) is 8.96. The molecule has 1 aliphatic carbocycles. The van der Waals surface area contributed by atoms with Crippen LogP contribution >= 0.6 is 11.6 Å². The van der Waals surface area contributed by atoms with E-state index in [0.717, 1.165) is 51.7 Å². The first-order valence-electron chi connectivity index (χ1n) is 11.5. The van der Waals surface area contributed by atoms with Crippen LogP contribution in [0.4, 0.5) is 0 Å². The van der Waals surface area contributed by atoms with E-state index in [1.54, 1.807) is 0 Å². The Morgan fingerprint density at radius 2 is 1.67 bits per heavy atom. The smallest absolute Gasteiger partial charge is 0.255 e. The summed E-state index contributed by atoms with van der Waals surface area (Å²) in [5.41, 5.74) is 5.57. The van der Waals surface area contributed by atoms with Crippen molar-refractivity contribution in [3.05, 3.63) is 75.9 Å². The number of para-hydroxylation sites is 1. The number of allylic oxidation sites excluding steroid dienone is 1. The van der Waals surface area contributed by atoms with Gasteiger partial charge in [0.1, 0.15) is 0 Å². The van der Waals surface area contributed by atoms with Crippen LogP contribution in [0.25, 0.3) is 22.6 Å². The van der Waals surface area contributed by atoms with E-state index < -0.39 is 0 Å². The van der Waals surface area contributed by atoms with Crippen LogP contribution in [0.3, 0.4) is 0 Å². The lowest BCUT2D eigenvalue weighted by Crippen LogP contribution is -2.50. The third kappa shape index (κ3) is 4.02. The average molecular weight is 460 g/mol. The molecule has 0 N–H and O–H groups in total. The maximum Gasteiger partial charge on any atom is 0.255 e. The third-order valence-electron chi connectivity index (χ3n) is 6.61. The average Bonchev–Trinajstić information content (AvgIpc) is 3.25. The van der Waals surface area contributed by atoms with E-state index >= 15 is 0 Å². The van der Waals surface area contributed by atoms with Gasteiger partial charge in [0, 0.05) is 43.0 Å². The van der Waals surface area contributed by atoms with Crippen molar-refractivity contribution >= 4 is 46.0 Å². The van der Waals surface area contributed by atoms with Crippen LogP contribution in [0.15, 0.2) is 48.5 Å². The molecule has 5 rings (SSSR count). The summed E-state index contributed by atoms with van der Waals surface area (Å²) < 4.78 is 0. The molecule has 0 saturated carbocycles. The van der Waals surface area contributed by atoms with Gasteiger partial charge in [-0.3, -0.25) is 9.59 Å². The Labute approximate surface area is 198 Å². The summed E-state index contributed by atoms with van der Waals surface area (Å²) in [6.45, 7) is 4.15. The second kappa shape index (κ2) is 8.99. The van der Waals surface area contributed by atoms with E-state index in [2.05, 4.69) is 6.08 Å². The molecule has 6 heteroatoms. The van der Waals surface area contributed by atoms with Crippen molar-refractivity contribution in [1.82, 2.24) is 14.8 Å². The lowest BCUT2D eigenvalue weighted by atomic mass is 9.99. The van der Waals surface area contributed by atoms with Crippen molar-refractivity contribution < 1.29 is 9.59 Å². The van der Waals surface area contributed by atoms with Crippen LogP contribution in [0.1, 0.15) is 46.9 Å². The zero-order valence-electron chi connectivity index (χ0n) is 18.7. The predicted molar refractivity (Wildman–Crippen MR) is 132 cm³/mol. The number of carbonyl (C=O) groups is 2. The fraction of sp³-hybridized carbons (Fsp3) is 0.296. The molecule has 5 nitrogen and oxygen atoms in total. The maximum atomic E-state index is 13.8. The first-order valence-corrected chi connectivity index (χ1v) is 11.9. The number of hydrogen-bond donors (Lipinski definition) is 0. The van der Waals surface area contributed by atoms with Gasteiger partial charge in [-0.15, -0.1) is 0 Å². The molecular formula is C27H26ClN3O2. The molecule has 0 unspecified atom stereocenters. The summed E-state index contributed by atoms with van der Waals surface area (Å²) in [5.74, 6) is 0.180. The molecule has 1 fully saturated rings. The Morgan fingerprint density at radius 3 is 2.42 bits per heavy atom. The highest BCUT2D eigenvalue weighted by Crippen LogP contribution is 2.38. The SMILES string of the molecule is CCC(=O)N1CCN(C(=O)c2c3c(nc4ccccc24)/C(=C\c2ccccc2Cl)CC3)CC1. The summed E-state index contributed by atoms with van der Waals surface area (Å²) >= 11 is 6.40. The van der Waals surface area contributed by atoms with Crippen molar-refractivity contribution in [1.29, 1.82) is 0 Å². The minimum Gasteiger partial charge on any atom is -0.339 e. The molecule has 168 valence electrons. The van der Waals surface area contributed by atoms with Gasteiger partial charge >= 0.3 is 0 Å². The molecule has 0 radical (unpaired) electrons.